The summed E-state index contributed by atoms with van der Waals surface area (Å²) >= 11 is 3.44. The first-order valence-electron chi connectivity index (χ1n) is 7.02. The van der Waals surface area contributed by atoms with Gasteiger partial charge in [0.2, 0.25) is 0 Å². The molecule has 0 atom stereocenters. The summed E-state index contributed by atoms with van der Waals surface area (Å²) in [5, 5.41) is 3.00. The zero-order valence-electron chi connectivity index (χ0n) is 12.0. The number of benzene rings is 1. The molecular formula is C15H21BrN2O2. The minimum atomic E-state index is -0.0318. The highest BCUT2D eigenvalue weighted by Gasteiger charge is 2.18. The van der Waals surface area contributed by atoms with Gasteiger partial charge >= 0.3 is 6.03 Å². The molecule has 0 saturated carbocycles. The second kappa shape index (κ2) is 6.97. The van der Waals surface area contributed by atoms with Crippen LogP contribution in [0.15, 0.2) is 16.6 Å². The van der Waals surface area contributed by atoms with E-state index in [1.807, 2.05) is 24.0 Å². The van der Waals surface area contributed by atoms with E-state index in [4.69, 9.17) is 4.74 Å². The Morgan fingerprint density at radius 1 is 1.25 bits per heavy atom. The lowest BCUT2D eigenvalue weighted by molar-refractivity contribution is 0.213. The molecule has 0 aliphatic carbocycles. The third-order valence-corrected chi connectivity index (χ3v) is 4.07. The van der Waals surface area contributed by atoms with Crippen LogP contribution in [0.4, 0.5) is 10.5 Å². The summed E-state index contributed by atoms with van der Waals surface area (Å²) < 4.78 is 6.30. The number of halogens is 1. The van der Waals surface area contributed by atoms with Crippen LogP contribution in [0.3, 0.4) is 0 Å². The number of rotatable bonds is 2. The molecular weight excluding hydrogens is 320 g/mol. The minimum Gasteiger partial charge on any atom is -0.495 e. The molecule has 1 heterocycles. The van der Waals surface area contributed by atoms with Crippen molar-refractivity contribution < 1.29 is 9.53 Å². The van der Waals surface area contributed by atoms with Crippen LogP contribution in [0.1, 0.15) is 31.2 Å². The first-order valence-corrected chi connectivity index (χ1v) is 7.81. The number of carbonyl (C=O) groups is 1. The van der Waals surface area contributed by atoms with E-state index >= 15 is 0 Å². The molecule has 0 bridgehead atoms. The van der Waals surface area contributed by atoms with Crippen molar-refractivity contribution in [3.63, 3.8) is 0 Å². The average molecular weight is 341 g/mol. The molecule has 0 unspecified atom stereocenters. The van der Waals surface area contributed by atoms with Gasteiger partial charge in [-0.15, -0.1) is 0 Å². The number of amides is 2. The first-order chi connectivity index (χ1) is 9.61. The van der Waals surface area contributed by atoms with Gasteiger partial charge in [0.15, 0.2) is 0 Å². The predicted octanol–water partition coefficient (Wildman–Crippen LogP) is 4.17. The van der Waals surface area contributed by atoms with Crippen LogP contribution in [0.25, 0.3) is 0 Å². The molecule has 0 spiro atoms. The van der Waals surface area contributed by atoms with Gasteiger partial charge in [0.25, 0.3) is 0 Å². The van der Waals surface area contributed by atoms with Gasteiger partial charge in [0.1, 0.15) is 5.75 Å². The molecule has 1 aliphatic heterocycles. The molecule has 0 radical (unpaired) electrons. The number of anilines is 1. The van der Waals surface area contributed by atoms with Crippen molar-refractivity contribution >= 4 is 27.6 Å². The fraction of sp³-hybridized carbons (Fsp3) is 0.533. The molecule has 4 nitrogen and oxygen atoms in total. The standard InChI is InChI=1S/C15H21BrN2O2/c1-11-9-12(16)10-13(20-2)14(11)17-15(19)18-7-5-3-4-6-8-18/h9-10H,3-8H2,1-2H3,(H,17,19). The van der Waals surface area contributed by atoms with Crippen molar-refractivity contribution in [3.05, 3.63) is 22.2 Å². The van der Waals surface area contributed by atoms with Gasteiger partial charge in [0, 0.05) is 17.6 Å². The van der Waals surface area contributed by atoms with E-state index in [1.165, 1.54) is 12.8 Å². The molecule has 1 aromatic carbocycles. The predicted molar refractivity (Wildman–Crippen MR) is 84.5 cm³/mol. The number of urea groups is 1. The number of carbonyl (C=O) groups excluding carboxylic acids is 1. The van der Waals surface area contributed by atoms with E-state index in [9.17, 15) is 4.79 Å². The van der Waals surface area contributed by atoms with E-state index in [-0.39, 0.29) is 6.03 Å². The SMILES string of the molecule is COc1cc(Br)cc(C)c1NC(=O)N1CCCCCC1. The molecule has 1 N–H and O–H groups in total. The summed E-state index contributed by atoms with van der Waals surface area (Å²) in [7, 11) is 1.61. The summed E-state index contributed by atoms with van der Waals surface area (Å²) in [5.41, 5.74) is 1.74. The molecule has 1 saturated heterocycles. The third kappa shape index (κ3) is 3.66. The first kappa shape index (κ1) is 15.2. The molecule has 1 aromatic rings. The Balaban J connectivity index is 2.14. The van der Waals surface area contributed by atoms with Crippen LogP contribution in [0.2, 0.25) is 0 Å². The van der Waals surface area contributed by atoms with Crippen molar-refractivity contribution in [1.82, 2.24) is 4.90 Å². The normalized spacial score (nSPS) is 15.7. The number of nitrogens with zero attached hydrogens (tertiary/aromatic N) is 1. The summed E-state index contributed by atoms with van der Waals surface area (Å²) in [5.74, 6) is 0.681. The Bertz CT molecular complexity index is 483. The van der Waals surface area contributed by atoms with Gasteiger partial charge < -0.3 is 15.0 Å². The van der Waals surface area contributed by atoms with E-state index in [1.54, 1.807) is 7.11 Å². The van der Waals surface area contributed by atoms with E-state index < -0.39 is 0 Å². The molecule has 20 heavy (non-hydrogen) atoms. The number of hydrogen-bond donors (Lipinski definition) is 1. The summed E-state index contributed by atoms with van der Waals surface area (Å²) in [6.07, 6.45) is 4.60. The maximum Gasteiger partial charge on any atom is 0.321 e. The maximum atomic E-state index is 12.4. The Kier molecular flexibility index (Phi) is 5.29. The number of hydrogen-bond acceptors (Lipinski definition) is 2. The van der Waals surface area contributed by atoms with Gasteiger partial charge in [-0.1, -0.05) is 28.8 Å². The van der Waals surface area contributed by atoms with Crippen LogP contribution >= 0.6 is 15.9 Å². The molecule has 5 heteroatoms. The number of nitrogens with one attached hydrogen (secondary N) is 1. The Labute approximate surface area is 128 Å². The molecule has 0 aromatic heterocycles. The summed E-state index contributed by atoms with van der Waals surface area (Å²) in [6.45, 7) is 3.64. The quantitative estimate of drug-likeness (QED) is 0.877. The number of likely N-dealkylation sites (tertiary alicyclic amines) is 1. The van der Waals surface area contributed by atoms with Gasteiger partial charge in [0.05, 0.1) is 12.8 Å². The molecule has 110 valence electrons. The largest absolute Gasteiger partial charge is 0.495 e. The van der Waals surface area contributed by atoms with Crippen molar-refractivity contribution in [2.45, 2.75) is 32.6 Å². The van der Waals surface area contributed by atoms with Crippen LogP contribution in [0, 0.1) is 6.92 Å². The van der Waals surface area contributed by atoms with E-state index in [2.05, 4.69) is 21.2 Å². The number of aryl methyl sites for hydroxylation is 1. The topological polar surface area (TPSA) is 41.6 Å². The van der Waals surface area contributed by atoms with Crippen LogP contribution in [-0.4, -0.2) is 31.1 Å². The summed E-state index contributed by atoms with van der Waals surface area (Å²) in [6, 6.07) is 3.81. The van der Waals surface area contributed by atoms with Gasteiger partial charge in [-0.3, -0.25) is 0 Å². The molecule has 2 rings (SSSR count). The van der Waals surface area contributed by atoms with Crippen LogP contribution in [-0.2, 0) is 0 Å². The number of methoxy groups -OCH3 is 1. The van der Waals surface area contributed by atoms with Crippen molar-refractivity contribution in [3.8, 4) is 5.75 Å². The van der Waals surface area contributed by atoms with E-state index in [0.29, 0.717) is 5.75 Å². The number of ether oxygens (including phenoxy) is 1. The average Bonchev–Trinajstić information content (AvgIpc) is 2.70. The Morgan fingerprint density at radius 2 is 1.90 bits per heavy atom. The van der Waals surface area contributed by atoms with Crippen molar-refractivity contribution in [2.24, 2.45) is 0 Å². The van der Waals surface area contributed by atoms with E-state index in [0.717, 1.165) is 41.7 Å². The fourth-order valence-electron chi connectivity index (χ4n) is 2.49. The lowest BCUT2D eigenvalue weighted by Gasteiger charge is -2.22. The van der Waals surface area contributed by atoms with Crippen LogP contribution in [0.5, 0.6) is 5.75 Å². The highest BCUT2D eigenvalue weighted by Crippen LogP contribution is 2.32. The fourth-order valence-corrected chi connectivity index (χ4v) is 3.04. The van der Waals surface area contributed by atoms with Gasteiger partial charge in [-0.2, -0.15) is 0 Å². The highest BCUT2D eigenvalue weighted by molar-refractivity contribution is 9.10. The minimum absolute atomic E-state index is 0.0318. The molecule has 2 amide bonds. The highest BCUT2D eigenvalue weighted by atomic mass is 79.9. The smallest absolute Gasteiger partial charge is 0.321 e. The maximum absolute atomic E-state index is 12.4. The lowest BCUT2D eigenvalue weighted by atomic mass is 10.2. The van der Waals surface area contributed by atoms with Crippen molar-refractivity contribution in [1.29, 1.82) is 0 Å². The molecule has 1 fully saturated rings. The second-order valence-electron chi connectivity index (χ2n) is 5.13. The van der Waals surface area contributed by atoms with Crippen LogP contribution < -0.4 is 10.1 Å². The third-order valence-electron chi connectivity index (χ3n) is 3.61. The monoisotopic (exact) mass is 340 g/mol. The Hall–Kier alpha value is -1.23. The zero-order valence-corrected chi connectivity index (χ0v) is 13.6. The van der Waals surface area contributed by atoms with Gasteiger partial charge in [-0.05, 0) is 37.5 Å². The zero-order chi connectivity index (χ0) is 14.5. The van der Waals surface area contributed by atoms with Gasteiger partial charge in [-0.25, -0.2) is 4.79 Å². The summed E-state index contributed by atoms with van der Waals surface area (Å²) in [4.78, 5) is 14.3. The Morgan fingerprint density at radius 3 is 2.50 bits per heavy atom. The van der Waals surface area contributed by atoms with Crippen molar-refractivity contribution in [2.75, 3.05) is 25.5 Å². The lowest BCUT2D eigenvalue weighted by Crippen LogP contribution is -2.35. The second-order valence-corrected chi connectivity index (χ2v) is 6.05. The molecule has 1 aliphatic rings.